The number of aliphatic carboxylic acids is 1. The fourth-order valence-electron chi connectivity index (χ4n) is 4.76. The molecule has 0 bridgehead atoms. The van der Waals surface area contributed by atoms with Gasteiger partial charge >= 0.3 is 12.3 Å². The smallest absolute Gasteiger partial charge is 0.480 e. The van der Waals surface area contributed by atoms with E-state index in [1.807, 2.05) is 0 Å². The number of carboxylic acids is 1. The highest BCUT2D eigenvalue weighted by Crippen LogP contribution is 2.34. The lowest BCUT2D eigenvalue weighted by Crippen LogP contribution is -2.44. The number of hydrogen-bond donors (Lipinski definition) is 2. The number of carbonyl (C=O) groups excluding carboxylic acids is 1. The Balaban J connectivity index is 1.53. The van der Waals surface area contributed by atoms with Crippen LogP contribution < -0.4 is 15.4 Å². The first-order valence-electron chi connectivity index (χ1n) is 12.8. The van der Waals surface area contributed by atoms with Crippen molar-refractivity contribution < 1.29 is 41.0 Å². The fraction of sp³-hybridized carbons (Fsp3) is 0.333. The predicted molar refractivity (Wildman–Crippen MR) is 153 cm³/mol. The molecule has 0 saturated carbocycles. The summed E-state index contributed by atoms with van der Waals surface area (Å²) in [6.45, 7) is -0.0109. The first-order valence-corrected chi connectivity index (χ1v) is 14.8. The Kier molecular flexibility index (Phi) is 9.06. The van der Waals surface area contributed by atoms with Gasteiger partial charge in [-0.15, -0.1) is 13.2 Å². The van der Waals surface area contributed by atoms with Crippen molar-refractivity contribution in [3.63, 3.8) is 0 Å². The summed E-state index contributed by atoms with van der Waals surface area (Å²) in [5, 5.41) is 10.7. The highest BCUT2D eigenvalue weighted by Gasteiger charge is 2.39. The number of amides is 1. The Morgan fingerprint density at radius 2 is 2.02 bits per heavy atom. The lowest BCUT2D eigenvalue weighted by Gasteiger charge is -2.26. The number of hydrogen-bond acceptors (Lipinski definition) is 9. The molecule has 1 aromatic carbocycles. The number of ether oxygens (including phenoxy) is 1. The molecule has 4 rings (SSSR count). The van der Waals surface area contributed by atoms with E-state index in [-0.39, 0.29) is 39.7 Å². The number of anilines is 2. The SMILES string of the molecule is CN(C)c1ncc(S(=O)(=O)CC=CC2CCN(C(Cc3cc4ccnc(N)c4cc3OC(F)(F)F)C(=O)O)C2=O)cc1Cl. The molecule has 1 aliphatic heterocycles. The summed E-state index contributed by atoms with van der Waals surface area (Å²) in [6, 6.07) is 3.61. The van der Waals surface area contributed by atoms with Crippen LogP contribution in [0.2, 0.25) is 5.02 Å². The van der Waals surface area contributed by atoms with Gasteiger partial charge in [0.15, 0.2) is 9.84 Å². The zero-order valence-electron chi connectivity index (χ0n) is 22.9. The van der Waals surface area contributed by atoms with E-state index in [1.54, 1.807) is 19.0 Å². The number of alkyl halides is 3. The average Bonchev–Trinajstić information content (AvgIpc) is 3.26. The summed E-state index contributed by atoms with van der Waals surface area (Å²) < 4.78 is 69.4. The largest absolute Gasteiger partial charge is 0.573 e. The Labute approximate surface area is 249 Å². The molecule has 2 unspecified atom stereocenters. The highest BCUT2D eigenvalue weighted by molar-refractivity contribution is 7.91. The van der Waals surface area contributed by atoms with Gasteiger partial charge < -0.3 is 25.4 Å². The number of nitrogens with two attached hydrogens (primary N) is 1. The molecule has 1 aliphatic rings. The highest BCUT2D eigenvalue weighted by atomic mass is 35.5. The number of nitrogen functional groups attached to an aromatic ring is 1. The van der Waals surface area contributed by atoms with Crippen molar-refractivity contribution in [3.8, 4) is 5.75 Å². The van der Waals surface area contributed by atoms with Crippen LogP contribution in [0.5, 0.6) is 5.75 Å². The maximum absolute atomic E-state index is 13.2. The number of likely N-dealkylation sites (tertiary alicyclic amines) is 1. The fourth-order valence-corrected chi connectivity index (χ4v) is 6.22. The first-order chi connectivity index (χ1) is 20.1. The second kappa shape index (κ2) is 12.2. The molecular formula is C27H27ClF3N5O6S. The summed E-state index contributed by atoms with van der Waals surface area (Å²) in [5.74, 6) is -3.64. The molecule has 43 heavy (non-hydrogen) atoms. The van der Waals surface area contributed by atoms with Gasteiger partial charge in [-0.2, -0.15) is 0 Å². The number of carbonyl (C=O) groups is 2. The van der Waals surface area contributed by atoms with Gasteiger partial charge in [-0.05, 0) is 41.6 Å². The molecule has 16 heteroatoms. The number of benzene rings is 1. The van der Waals surface area contributed by atoms with Crippen molar-refractivity contribution in [1.82, 2.24) is 14.9 Å². The van der Waals surface area contributed by atoms with Crippen LogP contribution >= 0.6 is 11.6 Å². The molecule has 0 radical (unpaired) electrons. The van der Waals surface area contributed by atoms with Crippen LogP contribution in [0, 0.1) is 5.92 Å². The van der Waals surface area contributed by atoms with Gasteiger partial charge in [0, 0.05) is 44.8 Å². The second-order valence-corrected chi connectivity index (χ2v) is 12.4. The molecule has 230 valence electrons. The Bertz CT molecular complexity index is 1700. The summed E-state index contributed by atoms with van der Waals surface area (Å²) in [6.07, 6.45) is -0.187. The minimum absolute atomic E-state index is 0.0109. The van der Waals surface area contributed by atoms with Crippen LogP contribution in [-0.4, -0.2) is 79.1 Å². The van der Waals surface area contributed by atoms with Gasteiger partial charge in [-0.25, -0.2) is 23.2 Å². The van der Waals surface area contributed by atoms with Gasteiger partial charge in [0.2, 0.25) is 5.91 Å². The molecule has 2 atom stereocenters. The lowest BCUT2D eigenvalue weighted by molar-refractivity contribution is -0.274. The first kappa shape index (κ1) is 31.8. The topological polar surface area (TPSA) is 156 Å². The van der Waals surface area contributed by atoms with E-state index < -0.39 is 58.0 Å². The maximum atomic E-state index is 13.2. The van der Waals surface area contributed by atoms with Crippen molar-refractivity contribution in [1.29, 1.82) is 0 Å². The molecule has 2 aromatic heterocycles. The van der Waals surface area contributed by atoms with Crippen molar-refractivity contribution in [3.05, 3.63) is 59.4 Å². The molecular weight excluding hydrogens is 615 g/mol. The van der Waals surface area contributed by atoms with Crippen molar-refractivity contribution in [2.45, 2.75) is 30.1 Å². The number of aromatic nitrogens is 2. The standard InChI is InChI=1S/C27H27ClF3N5O6S/c1-35(2)24-20(28)12-18(14-34-24)43(40,41)9-3-4-15-6-8-36(25(15)37)21(26(38)39)11-17-10-16-5-7-33-23(32)19(16)13-22(17)42-27(29,30)31/h3-5,7,10,12-15,21H,6,8-9,11H2,1-2H3,(H2,32,33)(H,38,39). The monoisotopic (exact) mass is 641 g/mol. The van der Waals surface area contributed by atoms with Gasteiger partial charge in [0.05, 0.1) is 21.6 Å². The molecule has 3 aromatic rings. The number of sulfone groups is 1. The molecule has 3 N–H and O–H groups in total. The summed E-state index contributed by atoms with van der Waals surface area (Å²) >= 11 is 6.14. The van der Waals surface area contributed by atoms with Gasteiger partial charge in [-0.3, -0.25) is 4.79 Å². The van der Waals surface area contributed by atoms with E-state index in [0.29, 0.717) is 11.2 Å². The number of halogens is 4. The molecule has 3 heterocycles. The van der Waals surface area contributed by atoms with E-state index in [4.69, 9.17) is 17.3 Å². The number of rotatable bonds is 10. The van der Waals surface area contributed by atoms with Crippen LogP contribution in [0.15, 0.2) is 53.7 Å². The van der Waals surface area contributed by atoms with E-state index in [0.717, 1.165) is 11.0 Å². The van der Waals surface area contributed by atoms with Crippen molar-refractivity contribution in [2.75, 3.05) is 37.0 Å². The quantitative estimate of drug-likeness (QED) is 0.313. The third kappa shape index (κ3) is 7.28. The Morgan fingerprint density at radius 1 is 1.30 bits per heavy atom. The normalized spacial score (nSPS) is 16.7. The van der Waals surface area contributed by atoms with E-state index in [2.05, 4.69) is 14.7 Å². The van der Waals surface area contributed by atoms with Crippen molar-refractivity contribution in [2.24, 2.45) is 5.92 Å². The number of carboxylic acid groups (broad SMARTS) is 1. The zero-order valence-corrected chi connectivity index (χ0v) is 24.4. The van der Waals surface area contributed by atoms with Gasteiger partial charge in [0.25, 0.3) is 0 Å². The van der Waals surface area contributed by atoms with Gasteiger partial charge in [-0.1, -0.05) is 23.8 Å². The number of fused-ring (bicyclic) bond motifs is 1. The Hall–Kier alpha value is -4.11. The van der Waals surface area contributed by atoms with Crippen LogP contribution in [-0.2, 0) is 25.8 Å². The van der Waals surface area contributed by atoms with E-state index in [9.17, 15) is 36.3 Å². The second-order valence-electron chi connectivity index (χ2n) is 9.99. The van der Waals surface area contributed by atoms with Gasteiger partial charge in [0.1, 0.15) is 23.4 Å². The zero-order chi connectivity index (χ0) is 31.7. The maximum Gasteiger partial charge on any atom is 0.573 e. The number of nitrogens with zero attached hydrogens (tertiary/aromatic N) is 4. The summed E-state index contributed by atoms with van der Waals surface area (Å²) in [7, 11) is -0.447. The molecule has 11 nitrogen and oxygen atoms in total. The predicted octanol–water partition coefficient (Wildman–Crippen LogP) is 3.70. The number of pyridine rings is 2. The van der Waals surface area contributed by atoms with Crippen LogP contribution in [0.4, 0.5) is 24.8 Å². The van der Waals surface area contributed by atoms with E-state index in [1.165, 1.54) is 42.7 Å². The third-order valence-corrected chi connectivity index (χ3v) is 8.67. The Morgan fingerprint density at radius 3 is 2.65 bits per heavy atom. The molecule has 1 fully saturated rings. The average molecular weight is 642 g/mol. The van der Waals surface area contributed by atoms with Crippen LogP contribution in [0.25, 0.3) is 10.8 Å². The van der Waals surface area contributed by atoms with Crippen molar-refractivity contribution >= 4 is 55.7 Å². The molecule has 1 saturated heterocycles. The minimum Gasteiger partial charge on any atom is -0.480 e. The lowest BCUT2D eigenvalue weighted by atomic mass is 10.00. The minimum atomic E-state index is -5.08. The molecule has 0 spiro atoms. The van der Waals surface area contributed by atoms with Crippen LogP contribution in [0.3, 0.4) is 0 Å². The van der Waals surface area contributed by atoms with Crippen LogP contribution in [0.1, 0.15) is 12.0 Å². The van der Waals surface area contributed by atoms with E-state index >= 15 is 0 Å². The summed E-state index contributed by atoms with van der Waals surface area (Å²) in [5.41, 5.74) is 5.69. The summed E-state index contributed by atoms with van der Waals surface area (Å²) in [4.78, 5) is 35.9. The molecule has 0 aliphatic carbocycles. The molecule has 1 amide bonds. The third-order valence-electron chi connectivity index (χ3n) is 6.82.